The highest BCUT2D eigenvalue weighted by Crippen LogP contribution is 2.24. The highest BCUT2D eigenvalue weighted by atomic mass is 32.1. The van der Waals surface area contributed by atoms with Crippen LogP contribution in [0.15, 0.2) is 35.7 Å². The van der Waals surface area contributed by atoms with Gasteiger partial charge in [0.1, 0.15) is 5.82 Å². The van der Waals surface area contributed by atoms with Gasteiger partial charge < -0.3 is 9.80 Å². The van der Waals surface area contributed by atoms with Crippen molar-refractivity contribution in [1.82, 2.24) is 9.80 Å². The Morgan fingerprint density at radius 2 is 1.93 bits per heavy atom. The zero-order valence-corrected chi connectivity index (χ0v) is 17.3. The maximum absolute atomic E-state index is 14.4. The number of rotatable bonds is 6. The van der Waals surface area contributed by atoms with Crippen LogP contribution in [0.5, 0.6) is 0 Å². The molecule has 1 atom stereocenters. The molecule has 0 saturated carbocycles. The van der Waals surface area contributed by atoms with Gasteiger partial charge in [-0.1, -0.05) is 6.07 Å². The number of amides is 1. The van der Waals surface area contributed by atoms with E-state index in [0.717, 1.165) is 0 Å². The summed E-state index contributed by atoms with van der Waals surface area (Å²) in [6.07, 6.45) is 0. The summed E-state index contributed by atoms with van der Waals surface area (Å²) >= 11 is 1.69. The first kappa shape index (κ1) is 20.5. The number of carbonyl (C=O) groups excluding carboxylic acids is 2. The largest absolute Gasteiger partial charge is 0.366 e. The van der Waals surface area contributed by atoms with Crippen molar-refractivity contribution in [3.63, 3.8) is 0 Å². The Bertz CT molecular complexity index is 832. The Labute approximate surface area is 169 Å². The van der Waals surface area contributed by atoms with E-state index in [1.165, 1.54) is 17.9 Å². The van der Waals surface area contributed by atoms with Crippen molar-refractivity contribution in [2.45, 2.75) is 19.9 Å². The Balaban J connectivity index is 1.55. The molecule has 1 aliphatic heterocycles. The Morgan fingerprint density at radius 3 is 2.50 bits per heavy atom. The molecule has 1 aromatic heterocycles. The fraction of sp³-hybridized carbons (Fsp3) is 0.429. The monoisotopic (exact) mass is 403 g/mol. The van der Waals surface area contributed by atoms with Gasteiger partial charge >= 0.3 is 0 Å². The van der Waals surface area contributed by atoms with Crippen molar-refractivity contribution < 1.29 is 14.0 Å². The lowest BCUT2D eigenvalue weighted by molar-refractivity contribution is -0.132. The fourth-order valence-corrected chi connectivity index (χ4v) is 4.22. The molecule has 28 heavy (non-hydrogen) atoms. The minimum Gasteiger partial charge on any atom is -0.366 e. The number of carbonyl (C=O) groups is 2. The van der Waals surface area contributed by atoms with Crippen molar-refractivity contribution in [2.24, 2.45) is 0 Å². The Morgan fingerprint density at radius 1 is 1.21 bits per heavy atom. The van der Waals surface area contributed by atoms with Crippen LogP contribution < -0.4 is 4.90 Å². The number of Topliss-reactive ketones (excluding diaryl/α,β-unsaturated/α-hetero) is 1. The van der Waals surface area contributed by atoms with Gasteiger partial charge in [0.25, 0.3) is 0 Å². The summed E-state index contributed by atoms with van der Waals surface area (Å²) in [5, 5.41) is 2.04. The van der Waals surface area contributed by atoms with E-state index >= 15 is 0 Å². The van der Waals surface area contributed by atoms with Crippen LogP contribution in [0.4, 0.5) is 10.1 Å². The summed E-state index contributed by atoms with van der Waals surface area (Å²) in [4.78, 5) is 31.1. The second-order valence-corrected chi connectivity index (χ2v) is 8.18. The SMILES string of the molecule is CC(=O)c1ccc(N2CCN(C(=O)CN(C)[C@@H](C)c3cccs3)CC2)c(F)c1. The van der Waals surface area contributed by atoms with Crippen molar-refractivity contribution in [3.05, 3.63) is 52.0 Å². The van der Waals surface area contributed by atoms with E-state index in [-0.39, 0.29) is 17.7 Å². The maximum atomic E-state index is 14.4. The lowest BCUT2D eigenvalue weighted by Crippen LogP contribution is -2.51. The van der Waals surface area contributed by atoms with E-state index in [4.69, 9.17) is 0 Å². The van der Waals surface area contributed by atoms with Crippen LogP contribution in [-0.4, -0.2) is 61.3 Å². The zero-order chi connectivity index (χ0) is 20.3. The standard InChI is InChI=1S/C21H26FN3O2S/c1-15(20-5-4-12-28-20)23(3)14-21(27)25-10-8-24(9-11-25)19-7-6-17(16(2)26)13-18(19)22/h4-7,12-13,15H,8-11,14H2,1-3H3/t15-/m0/s1. The van der Waals surface area contributed by atoms with E-state index in [0.29, 0.717) is 44.0 Å². The molecular weight excluding hydrogens is 377 g/mol. The molecule has 3 rings (SSSR count). The number of ketones is 1. The zero-order valence-electron chi connectivity index (χ0n) is 16.5. The van der Waals surface area contributed by atoms with Crippen LogP contribution in [0, 0.1) is 5.82 Å². The van der Waals surface area contributed by atoms with Crippen LogP contribution in [-0.2, 0) is 4.79 Å². The lowest BCUT2D eigenvalue weighted by atomic mass is 10.1. The average Bonchev–Trinajstić information content (AvgIpc) is 3.22. The van der Waals surface area contributed by atoms with Crippen LogP contribution in [0.3, 0.4) is 0 Å². The lowest BCUT2D eigenvalue weighted by Gasteiger charge is -2.37. The van der Waals surface area contributed by atoms with Crippen molar-refractivity contribution >= 4 is 28.7 Å². The summed E-state index contributed by atoms with van der Waals surface area (Å²) in [6, 6.07) is 8.89. The molecule has 7 heteroatoms. The van der Waals surface area contributed by atoms with Gasteiger partial charge in [-0.2, -0.15) is 0 Å². The molecule has 2 heterocycles. The molecule has 0 radical (unpaired) electrons. The molecule has 1 fully saturated rings. The highest BCUT2D eigenvalue weighted by Gasteiger charge is 2.25. The second-order valence-electron chi connectivity index (χ2n) is 7.20. The molecule has 1 saturated heterocycles. The molecule has 150 valence electrons. The molecular formula is C21H26FN3O2S. The maximum Gasteiger partial charge on any atom is 0.236 e. The first-order valence-corrected chi connectivity index (χ1v) is 10.3. The molecule has 1 amide bonds. The number of likely N-dealkylation sites (N-methyl/N-ethyl adjacent to an activating group) is 1. The molecule has 1 aromatic carbocycles. The van der Waals surface area contributed by atoms with Crippen molar-refractivity contribution in [2.75, 3.05) is 44.7 Å². The summed E-state index contributed by atoms with van der Waals surface area (Å²) < 4.78 is 14.4. The van der Waals surface area contributed by atoms with Gasteiger partial charge in [0, 0.05) is 42.7 Å². The Hall–Kier alpha value is -2.25. The average molecular weight is 404 g/mol. The van der Waals surface area contributed by atoms with Gasteiger partial charge in [-0.3, -0.25) is 14.5 Å². The van der Waals surface area contributed by atoms with E-state index in [2.05, 4.69) is 17.9 Å². The van der Waals surface area contributed by atoms with Gasteiger partial charge in [0.05, 0.1) is 12.2 Å². The summed E-state index contributed by atoms with van der Waals surface area (Å²) in [7, 11) is 1.96. The number of benzene rings is 1. The molecule has 0 N–H and O–H groups in total. The van der Waals surface area contributed by atoms with Gasteiger partial charge in [0.15, 0.2) is 5.78 Å². The highest BCUT2D eigenvalue weighted by molar-refractivity contribution is 7.10. The molecule has 0 aliphatic carbocycles. The third-order valence-corrected chi connectivity index (χ3v) is 6.37. The van der Waals surface area contributed by atoms with Crippen LogP contribution in [0.25, 0.3) is 0 Å². The third kappa shape index (κ3) is 4.59. The molecule has 0 spiro atoms. The van der Waals surface area contributed by atoms with Gasteiger partial charge in [0.2, 0.25) is 5.91 Å². The van der Waals surface area contributed by atoms with E-state index in [1.807, 2.05) is 28.3 Å². The molecule has 0 bridgehead atoms. The van der Waals surface area contributed by atoms with Crippen LogP contribution in [0.1, 0.15) is 35.1 Å². The van der Waals surface area contributed by atoms with Gasteiger partial charge in [-0.05, 0) is 50.5 Å². The molecule has 5 nitrogen and oxygen atoms in total. The van der Waals surface area contributed by atoms with E-state index < -0.39 is 5.82 Å². The second kappa shape index (κ2) is 8.84. The quantitative estimate of drug-likeness (QED) is 0.693. The van der Waals surface area contributed by atoms with E-state index in [9.17, 15) is 14.0 Å². The summed E-state index contributed by atoms with van der Waals surface area (Å²) in [5.41, 5.74) is 0.860. The molecule has 2 aromatic rings. The first-order valence-electron chi connectivity index (χ1n) is 9.43. The van der Waals surface area contributed by atoms with Crippen LogP contribution in [0.2, 0.25) is 0 Å². The third-order valence-electron chi connectivity index (χ3n) is 5.33. The van der Waals surface area contributed by atoms with Crippen LogP contribution >= 0.6 is 11.3 Å². The summed E-state index contributed by atoms with van der Waals surface area (Å²) in [5.74, 6) is -0.447. The van der Waals surface area contributed by atoms with Crippen molar-refractivity contribution in [1.29, 1.82) is 0 Å². The van der Waals surface area contributed by atoms with E-state index in [1.54, 1.807) is 23.5 Å². The normalized spacial score (nSPS) is 15.8. The predicted octanol–water partition coefficient (Wildman–Crippen LogP) is 3.43. The molecule has 0 unspecified atom stereocenters. The smallest absolute Gasteiger partial charge is 0.236 e. The minimum absolute atomic E-state index is 0.0953. The number of anilines is 1. The topological polar surface area (TPSA) is 43.9 Å². The molecule has 1 aliphatic rings. The summed E-state index contributed by atoms with van der Waals surface area (Å²) in [6.45, 7) is 6.17. The number of thiophene rings is 1. The van der Waals surface area contributed by atoms with Gasteiger partial charge in [-0.25, -0.2) is 4.39 Å². The number of halogens is 1. The number of piperazine rings is 1. The first-order chi connectivity index (χ1) is 13.4. The Kier molecular flexibility index (Phi) is 6.46. The van der Waals surface area contributed by atoms with Crippen molar-refractivity contribution in [3.8, 4) is 0 Å². The number of hydrogen-bond donors (Lipinski definition) is 0. The van der Waals surface area contributed by atoms with Gasteiger partial charge in [-0.15, -0.1) is 11.3 Å². The fourth-order valence-electron chi connectivity index (χ4n) is 3.38. The predicted molar refractivity (Wildman–Crippen MR) is 111 cm³/mol. The number of nitrogens with zero attached hydrogens (tertiary/aromatic N) is 3. The minimum atomic E-state index is -0.392. The number of hydrogen-bond acceptors (Lipinski definition) is 5.